The number of nitrogens with one attached hydrogen (secondary N) is 1. The predicted octanol–water partition coefficient (Wildman–Crippen LogP) is 2.65. The summed E-state index contributed by atoms with van der Waals surface area (Å²) >= 11 is 1.24. The number of hydrogen-bond acceptors (Lipinski definition) is 4. The second kappa shape index (κ2) is 8.12. The number of sulfonamides is 1. The molecule has 0 bridgehead atoms. The quantitative estimate of drug-likeness (QED) is 0.840. The van der Waals surface area contributed by atoms with Crippen LogP contribution in [-0.4, -0.2) is 37.8 Å². The van der Waals surface area contributed by atoms with Gasteiger partial charge in [-0.1, -0.05) is 36.4 Å². The lowest BCUT2D eigenvalue weighted by Crippen LogP contribution is -2.46. The van der Waals surface area contributed by atoms with Crippen molar-refractivity contribution < 1.29 is 13.2 Å². The first-order chi connectivity index (χ1) is 12.1. The Morgan fingerprint density at radius 1 is 1.12 bits per heavy atom. The van der Waals surface area contributed by atoms with Crippen molar-refractivity contribution in [3.63, 3.8) is 0 Å². The summed E-state index contributed by atoms with van der Waals surface area (Å²) in [6.07, 6.45) is 2.49. The molecule has 2 heterocycles. The van der Waals surface area contributed by atoms with Crippen LogP contribution in [0.25, 0.3) is 0 Å². The lowest BCUT2D eigenvalue weighted by molar-refractivity contribution is -0.122. The molecule has 5 nitrogen and oxygen atoms in total. The molecule has 7 heteroatoms. The van der Waals surface area contributed by atoms with Crippen LogP contribution in [0.15, 0.2) is 52.1 Å². The van der Waals surface area contributed by atoms with Crippen molar-refractivity contribution in [2.24, 2.45) is 0 Å². The Labute approximate surface area is 152 Å². The molecular weight excluding hydrogens is 356 g/mol. The fourth-order valence-electron chi connectivity index (χ4n) is 2.98. The molecule has 134 valence electrons. The van der Waals surface area contributed by atoms with Crippen molar-refractivity contribution in [2.75, 3.05) is 13.1 Å². The molecule has 1 amide bonds. The van der Waals surface area contributed by atoms with Crippen LogP contribution < -0.4 is 5.32 Å². The number of piperidine rings is 1. The number of amides is 1. The summed E-state index contributed by atoms with van der Waals surface area (Å²) < 4.78 is 26.9. The molecule has 0 unspecified atom stereocenters. The van der Waals surface area contributed by atoms with Crippen LogP contribution in [0.3, 0.4) is 0 Å². The number of carbonyl (C=O) groups excluding carboxylic acids is 1. The molecule has 1 saturated heterocycles. The minimum absolute atomic E-state index is 0.0309. The average molecular weight is 379 g/mol. The third-order valence-electron chi connectivity index (χ3n) is 4.39. The number of rotatable bonds is 6. The monoisotopic (exact) mass is 378 g/mol. The number of nitrogens with zero attached hydrogens (tertiary/aromatic N) is 1. The van der Waals surface area contributed by atoms with Crippen molar-refractivity contribution in [2.45, 2.75) is 35.9 Å². The summed E-state index contributed by atoms with van der Waals surface area (Å²) in [5.41, 5.74) is 1.15. The highest BCUT2D eigenvalue weighted by molar-refractivity contribution is 7.91. The minimum atomic E-state index is -3.38. The molecule has 0 atom stereocenters. The van der Waals surface area contributed by atoms with E-state index in [4.69, 9.17) is 0 Å². The van der Waals surface area contributed by atoms with Crippen LogP contribution in [-0.2, 0) is 21.2 Å². The third kappa shape index (κ3) is 4.68. The van der Waals surface area contributed by atoms with Crippen molar-refractivity contribution in [3.8, 4) is 0 Å². The SMILES string of the molecule is O=C(CCc1ccccc1)NC1CCN(S(=O)(=O)c2cccs2)CC1. The zero-order valence-corrected chi connectivity index (χ0v) is 15.6. The van der Waals surface area contributed by atoms with Gasteiger partial charge in [0.15, 0.2) is 0 Å². The summed E-state index contributed by atoms with van der Waals surface area (Å²) in [7, 11) is -3.38. The number of carbonyl (C=O) groups is 1. The summed E-state index contributed by atoms with van der Waals surface area (Å²) in [5, 5.41) is 4.81. The summed E-state index contributed by atoms with van der Waals surface area (Å²) in [6.45, 7) is 0.897. The van der Waals surface area contributed by atoms with Gasteiger partial charge in [0.2, 0.25) is 5.91 Å². The zero-order valence-electron chi connectivity index (χ0n) is 13.9. The molecule has 1 aliphatic heterocycles. The number of benzene rings is 1. The molecule has 1 N–H and O–H groups in total. The van der Waals surface area contributed by atoms with Gasteiger partial charge in [-0.25, -0.2) is 8.42 Å². The van der Waals surface area contributed by atoms with E-state index in [1.165, 1.54) is 15.6 Å². The molecule has 0 saturated carbocycles. The van der Waals surface area contributed by atoms with Gasteiger partial charge in [-0.3, -0.25) is 4.79 Å². The van der Waals surface area contributed by atoms with Gasteiger partial charge >= 0.3 is 0 Å². The Bertz CT molecular complexity index is 781. The first-order valence-electron chi connectivity index (χ1n) is 8.42. The maximum absolute atomic E-state index is 12.5. The highest BCUT2D eigenvalue weighted by Gasteiger charge is 2.30. The van der Waals surface area contributed by atoms with E-state index >= 15 is 0 Å². The number of thiophene rings is 1. The van der Waals surface area contributed by atoms with Crippen molar-refractivity contribution in [3.05, 3.63) is 53.4 Å². The molecular formula is C18H22N2O3S2. The fourth-order valence-corrected chi connectivity index (χ4v) is 5.59. The molecule has 0 aliphatic carbocycles. The Morgan fingerprint density at radius 2 is 1.84 bits per heavy atom. The zero-order chi connectivity index (χ0) is 17.7. The minimum Gasteiger partial charge on any atom is -0.353 e. The smallest absolute Gasteiger partial charge is 0.252 e. The Hall–Kier alpha value is -1.70. The summed E-state index contributed by atoms with van der Waals surface area (Å²) in [4.78, 5) is 12.1. The molecule has 2 aromatic rings. The highest BCUT2D eigenvalue weighted by Crippen LogP contribution is 2.24. The molecule has 1 aromatic carbocycles. The second-order valence-electron chi connectivity index (χ2n) is 6.16. The van der Waals surface area contributed by atoms with Gasteiger partial charge < -0.3 is 5.32 Å². The molecule has 0 radical (unpaired) electrons. The maximum atomic E-state index is 12.5. The van der Waals surface area contributed by atoms with E-state index in [2.05, 4.69) is 5.32 Å². The van der Waals surface area contributed by atoms with E-state index in [-0.39, 0.29) is 11.9 Å². The van der Waals surface area contributed by atoms with E-state index < -0.39 is 10.0 Å². The van der Waals surface area contributed by atoms with Gasteiger partial charge in [0.1, 0.15) is 4.21 Å². The van der Waals surface area contributed by atoms with Crippen molar-refractivity contribution in [1.82, 2.24) is 9.62 Å². The van der Waals surface area contributed by atoms with Gasteiger partial charge in [-0.15, -0.1) is 11.3 Å². The summed E-state index contributed by atoms with van der Waals surface area (Å²) in [6, 6.07) is 13.4. The van der Waals surface area contributed by atoms with E-state index in [1.54, 1.807) is 17.5 Å². The highest BCUT2D eigenvalue weighted by atomic mass is 32.2. The van der Waals surface area contributed by atoms with Crippen LogP contribution in [0.4, 0.5) is 0 Å². The van der Waals surface area contributed by atoms with Gasteiger partial charge in [0.25, 0.3) is 10.0 Å². The van der Waals surface area contributed by atoms with Gasteiger partial charge in [-0.05, 0) is 36.3 Å². The first-order valence-corrected chi connectivity index (χ1v) is 10.7. The topological polar surface area (TPSA) is 66.5 Å². The van der Waals surface area contributed by atoms with Crippen LogP contribution in [0.2, 0.25) is 0 Å². The third-order valence-corrected chi connectivity index (χ3v) is 7.66. The molecule has 25 heavy (non-hydrogen) atoms. The standard InChI is InChI=1S/C18H22N2O3S2/c21-17(9-8-15-5-2-1-3-6-15)19-16-10-12-20(13-11-16)25(22,23)18-7-4-14-24-18/h1-7,14,16H,8-13H2,(H,19,21). The lowest BCUT2D eigenvalue weighted by Gasteiger charge is -2.31. The molecule has 3 rings (SSSR count). The number of aryl methyl sites for hydroxylation is 1. The maximum Gasteiger partial charge on any atom is 0.252 e. The second-order valence-corrected chi connectivity index (χ2v) is 9.28. The van der Waals surface area contributed by atoms with Gasteiger partial charge in [0, 0.05) is 25.6 Å². The normalized spacial score (nSPS) is 16.6. The van der Waals surface area contributed by atoms with Gasteiger partial charge in [0.05, 0.1) is 0 Å². The van der Waals surface area contributed by atoms with Crippen LogP contribution in [0.5, 0.6) is 0 Å². The van der Waals surface area contributed by atoms with Crippen LogP contribution in [0.1, 0.15) is 24.8 Å². The predicted molar refractivity (Wildman–Crippen MR) is 99.0 cm³/mol. The summed E-state index contributed by atoms with van der Waals surface area (Å²) in [5.74, 6) is 0.0309. The molecule has 1 aliphatic rings. The van der Waals surface area contributed by atoms with E-state index in [9.17, 15) is 13.2 Å². The Kier molecular flexibility index (Phi) is 5.88. The largest absolute Gasteiger partial charge is 0.353 e. The molecule has 1 aromatic heterocycles. The average Bonchev–Trinajstić information content (AvgIpc) is 3.17. The first kappa shape index (κ1) is 18.1. The lowest BCUT2D eigenvalue weighted by atomic mass is 10.1. The van der Waals surface area contributed by atoms with Crippen molar-refractivity contribution >= 4 is 27.3 Å². The molecule has 0 spiro atoms. The number of hydrogen-bond donors (Lipinski definition) is 1. The van der Waals surface area contributed by atoms with Crippen molar-refractivity contribution in [1.29, 1.82) is 0 Å². The van der Waals surface area contributed by atoms with E-state index in [1.807, 2.05) is 30.3 Å². The van der Waals surface area contributed by atoms with E-state index in [0.29, 0.717) is 36.6 Å². The molecule has 1 fully saturated rings. The van der Waals surface area contributed by atoms with Crippen LogP contribution >= 0.6 is 11.3 Å². The van der Waals surface area contributed by atoms with Crippen LogP contribution in [0, 0.1) is 0 Å². The Balaban J connectivity index is 1.45. The van der Waals surface area contributed by atoms with Gasteiger partial charge in [-0.2, -0.15) is 4.31 Å². The Morgan fingerprint density at radius 3 is 2.48 bits per heavy atom. The fraction of sp³-hybridized carbons (Fsp3) is 0.389. The van der Waals surface area contributed by atoms with E-state index in [0.717, 1.165) is 12.0 Å².